The van der Waals surface area contributed by atoms with Crippen molar-refractivity contribution >= 4 is 0 Å². The highest BCUT2D eigenvalue weighted by molar-refractivity contribution is 4.78. The minimum Gasteiger partial charge on any atom is -0.242 e. The molecular weight excluding hydrogens is 145 g/mol. The fraction of sp³-hybridized carbons (Fsp3) is 0.400. The molecule has 0 fully saturated rings. The Hall–Kier alpha value is -1.00. The number of hydrogen-bond donors (Lipinski definition) is 0. The zero-order valence-electron chi connectivity index (χ0n) is 4.89. The lowest BCUT2D eigenvalue weighted by Crippen LogP contribution is -2.25. The molecule has 0 spiro atoms. The van der Waals surface area contributed by atoms with E-state index in [1.54, 1.807) is 0 Å². The van der Waals surface area contributed by atoms with Gasteiger partial charge in [0.2, 0.25) is 0 Å². The highest BCUT2D eigenvalue weighted by Gasteiger charge is 2.31. The monoisotopic (exact) mass is 149 g/mol. The Labute approximate surface area is 55.3 Å². The highest BCUT2D eigenvalue weighted by Crippen LogP contribution is 2.18. The van der Waals surface area contributed by atoms with Crippen LogP contribution in [-0.2, 0) is 6.05 Å². The largest absolute Gasteiger partial charge is 0.371 e. The minimum absolute atomic E-state index is 0.229. The quantitative estimate of drug-likeness (QED) is 0.617. The summed E-state index contributed by atoms with van der Waals surface area (Å²) >= 11 is 0. The van der Waals surface area contributed by atoms with E-state index in [1.165, 1.54) is 0 Å². The summed E-state index contributed by atoms with van der Waals surface area (Å²) in [6, 6.07) is -1.25. The summed E-state index contributed by atoms with van der Waals surface area (Å²) in [5, 5.41) is 3.13. The van der Waals surface area contributed by atoms with Crippen molar-refractivity contribution in [3.05, 3.63) is 18.5 Å². The van der Waals surface area contributed by atoms with E-state index in [9.17, 15) is 13.2 Å². The predicted octanol–water partition coefficient (Wildman–Crippen LogP) is 1.20. The van der Waals surface area contributed by atoms with Crippen LogP contribution in [0.1, 0.15) is 0 Å². The van der Waals surface area contributed by atoms with Crippen molar-refractivity contribution in [1.82, 2.24) is 9.78 Å². The van der Waals surface area contributed by atoms with E-state index in [-0.39, 0.29) is 4.68 Å². The van der Waals surface area contributed by atoms with Crippen LogP contribution in [0, 0.1) is 6.07 Å². The normalized spacial score (nSPS) is 11.9. The lowest BCUT2D eigenvalue weighted by atomic mass is 10.6. The van der Waals surface area contributed by atoms with E-state index in [0.717, 1.165) is 12.4 Å². The molecule has 0 aliphatic carbocycles. The van der Waals surface area contributed by atoms with Gasteiger partial charge in [0.05, 0.1) is 6.20 Å². The average molecular weight is 149 g/mol. The second-order valence-corrected chi connectivity index (χ2v) is 1.68. The topological polar surface area (TPSA) is 17.8 Å². The summed E-state index contributed by atoms with van der Waals surface area (Å²) in [4.78, 5) is 0. The van der Waals surface area contributed by atoms with Crippen molar-refractivity contribution in [3.8, 4) is 0 Å². The van der Waals surface area contributed by atoms with Crippen LogP contribution in [0.3, 0.4) is 0 Å². The molecule has 0 saturated carbocycles. The molecule has 1 rings (SSSR count). The van der Waals surface area contributed by atoms with E-state index in [4.69, 9.17) is 0 Å². The third-order valence-electron chi connectivity index (χ3n) is 0.949. The first-order valence-corrected chi connectivity index (χ1v) is 2.52. The zero-order chi connectivity index (χ0) is 7.61. The molecule has 5 heteroatoms. The number of rotatable bonds is 2. The Morgan fingerprint density at radius 2 is 2.30 bits per heavy atom. The Bertz CT molecular complexity index is 195. The summed E-state index contributed by atoms with van der Waals surface area (Å²) in [5.41, 5.74) is 0. The third-order valence-corrected chi connectivity index (χ3v) is 0.949. The summed E-state index contributed by atoms with van der Waals surface area (Å²) in [5.74, 6) is 0. The van der Waals surface area contributed by atoms with Crippen LogP contribution in [-0.4, -0.2) is 16.5 Å². The molecule has 55 valence electrons. The summed E-state index contributed by atoms with van der Waals surface area (Å²) in [7, 11) is 0. The maximum atomic E-state index is 12.2. The molecule has 2 nitrogen and oxygen atoms in total. The Balaban J connectivity index is 2.85. The van der Waals surface area contributed by atoms with Crippen LogP contribution in [0.4, 0.5) is 13.2 Å². The van der Waals surface area contributed by atoms with Gasteiger partial charge >= 0.3 is 6.05 Å². The maximum Gasteiger partial charge on any atom is 0.371 e. The molecule has 1 aromatic heterocycles. The van der Waals surface area contributed by atoms with Gasteiger partial charge in [0.25, 0.3) is 0 Å². The van der Waals surface area contributed by atoms with E-state index in [2.05, 4.69) is 11.2 Å². The van der Waals surface area contributed by atoms with Crippen molar-refractivity contribution in [3.63, 3.8) is 0 Å². The first-order chi connectivity index (χ1) is 4.67. The number of alkyl halides is 3. The van der Waals surface area contributed by atoms with E-state index in [1.807, 2.05) is 0 Å². The SMILES string of the molecule is FCC(F)(F)n1c[c]cn1. The van der Waals surface area contributed by atoms with Gasteiger partial charge in [0, 0.05) is 12.3 Å². The molecule has 0 atom stereocenters. The molecule has 1 heterocycles. The first kappa shape index (κ1) is 7.11. The molecule has 0 N–H and O–H groups in total. The van der Waals surface area contributed by atoms with E-state index in [0.29, 0.717) is 0 Å². The van der Waals surface area contributed by atoms with E-state index >= 15 is 0 Å². The van der Waals surface area contributed by atoms with Crippen molar-refractivity contribution in [2.24, 2.45) is 0 Å². The van der Waals surface area contributed by atoms with Gasteiger partial charge < -0.3 is 0 Å². The molecule has 0 aliphatic rings. The molecule has 0 saturated heterocycles. The Kier molecular flexibility index (Phi) is 1.65. The van der Waals surface area contributed by atoms with Crippen LogP contribution in [0.25, 0.3) is 0 Å². The van der Waals surface area contributed by atoms with Gasteiger partial charge in [0.15, 0.2) is 6.67 Å². The smallest absolute Gasteiger partial charge is 0.242 e. The number of nitrogens with zero attached hydrogens (tertiary/aromatic N) is 2. The fourth-order valence-corrected chi connectivity index (χ4v) is 0.473. The minimum atomic E-state index is -3.53. The summed E-state index contributed by atoms with van der Waals surface area (Å²) in [6.45, 7) is -1.75. The third kappa shape index (κ3) is 1.12. The standard InChI is InChI=1S/C5H4F3N2/c6-4-5(7,8)10-3-1-2-9-10/h2-3H,4H2. The highest BCUT2D eigenvalue weighted by atomic mass is 19.3. The van der Waals surface area contributed by atoms with Crippen LogP contribution in [0.5, 0.6) is 0 Å². The van der Waals surface area contributed by atoms with Gasteiger partial charge in [-0.15, -0.1) is 0 Å². The van der Waals surface area contributed by atoms with Gasteiger partial charge in [-0.1, -0.05) is 0 Å². The summed E-state index contributed by atoms with van der Waals surface area (Å²) in [6.07, 6.45) is 1.93. The van der Waals surface area contributed by atoms with Gasteiger partial charge in [0.1, 0.15) is 0 Å². The van der Waals surface area contributed by atoms with E-state index < -0.39 is 12.7 Å². The van der Waals surface area contributed by atoms with Crippen LogP contribution >= 0.6 is 0 Å². The molecule has 0 aliphatic heterocycles. The number of hydrogen-bond acceptors (Lipinski definition) is 1. The number of aromatic nitrogens is 2. The summed E-state index contributed by atoms with van der Waals surface area (Å²) < 4.78 is 36.2. The second-order valence-electron chi connectivity index (χ2n) is 1.68. The van der Waals surface area contributed by atoms with Crippen LogP contribution < -0.4 is 0 Å². The van der Waals surface area contributed by atoms with Gasteiger partial charge in [-0.25, -0.2) is 9.07 Å². The molecule has 0 unspecified atom stereocenters. The van der Waals surface area contributed by atoms with Crippen molar-refractivity contribution in [2.45, 2.75) is 6.05 Å². The van der Waals surface area contributed by atoms with Crippen molar-refractivity contribution < 1.29 is 13.2 Å². The van der Waals surface area contributed by atoms with Crippen LogP contribution in [0.2, 0.25) is 0 Å². The van der Waals surface area contributed by atoms with Crippen molar-refractivity contribution in [2.75, 3.05) is 6.67 Å². The molecule has 10 heavy (non-hydrogen) atoms. The zero-order valence-corrected chi connectivity index (χ0v) is 4.89. The molecule has 1 radical (unpaired) electrons. The Morgan fingerprint density at radius 1 is 1.60 bits per heavy atom. The fourth-order valence-electron chi connectivity index (χ4n) is 0.473. The van der Waals surface area contributed by atoms with Gasteiger partial charge in [-0.2, -0.15) is 13.9 Å². The molecule has 0 amide bonds. The second kappa shape index (κ2) is 2.32. The predicted molar refractivity (Wildman–Crippen MR) is 27.2 cm³/mol. The molecule has 0 aromatic carbocycles. The molecular formula is C5H4F3N2. The molecule has 0 bridgehead atoms. The Morgan fingerprint density at radius 3 is 2.70 bits per heavy atom. The maximum absolute atomic E-state index is 12.2. The lowest BCUT2D eigenvalue weighted by molar-refractivity contribution is -0.109. The lowest BCUT2D eigenvalue weighted by Gasteiger charge is -2.10. The van der Waals surface area contributed by atoms with Gasteiger partial charge in [-0.3, -0.25) is 0 Å². The van der Waals surface area contributed by atoms with Gasteiger partial charge in [-0.05, 0) is 0 Å². The van der Waals surface area contributed by atoms with Crippen molar-refractivity contribution in [1.29, 1.82) is 0 Å². The molecule has 1 aromatic rings. The first-order valence-electron chi connectivity index (χ1n) is 2.52. The number of halogens is 3. The average Bonchev–Trinajstić information content (AvgIpc) is 2.38. The van der Waals surface area contributed by atoms with Crippen LogP contribution in [0.15, 0.2) is 12.4 Å².